The van der Waals surface area contributed by atoms with Crippen molar-refractivity contribution in [3.05, 3.63) is 59.4 Å². The van der Waals surface area contributed by atoms with Gasteiger partial charge < -0.3 is 10.1 Å². The van der Waals surface area contributed by atoms with Gasteiger partial charge in [0, 0.05) is 24.4 Å². The number of hydrogen-bond acceptors (Lipinski definition) is 4. The number of carbonyl (C=O) groups is 1. The van der Waals surface area contributed by atoms with Gasteiger partial charge in [0.15, 0.2) is 0 Å². The van der Waals surface area contributed by atoms with Crippen LogP contribution in [0, 0.1) is 12.7 Å². The highest BCUT2D eigenvalue weighted by Gasteiger charge is 2.18. The number of rotatable bonds is 9. The highest BCUT2D eigenvalue weighted by molar-refractivity contribution is 7.92. The van der Waals surface area contributed by atoms with Crippen LogP contribution in [-0.4, -0.2) is 33.6 Å². The van der Waals surface area contributed by atoms with Gasteiger partial charge in [0.2, 0.25) is 0 Å². The van der Waals surface area contributed by atoms with E-state index >= 15 is 0 Å². The number of anilines is 1. The van der Waals surface area contributed by atoms with Crippen LogP contribution in [-0.2, 0) is 14.8 Å². The fourth-order valence-electron chi connectivity index (χ4n) is 2.43. The smallest absolute Gasteiger partial charge is 0.261 e. The zero-order chi connectivity index (χ0) is 20.7. The van der Waals surface area contributed by atoms with Gasteiger partial charge in [-0.05, 0) is 69.2 Å². The molecule has 2 aromatic carbocycles. The molecule has 0 spiro atoms. The van der Waals surface area contributed by atoms with Gasteiger partial charge in [0.1, 0.15) is 5.82 Å². The number of halogens is 1. The predicted octanol–water partition coefficient (Wildman–Crippen LogP) is 3.48. The largest absolute Gasteiger partial charge is 0.379 e. The molecule has 28 heavy (non-hydrogen) atoms. The van der Waals surface area contributed by atoms with Gasteiger partial charge in [-0.1, -0.05) is 6.07 Å². The minimum absolute atomic E-state index is 0.0456. The van der Waals surface area contributed by atoms with E-state index in [1.165, 1.54) is 24.3 Å². The molecule has 2 rings (SSSR count). The Hall–Kier alpha value is -2.45. The van der Waals surface area contributed by atoms with E-state index in [4.69, 9.17) is 4.74 Å². The molecule has 0 aliphatic carbocycles. The molecule has 6 nitrogen and oxygen atoms in total. The Bertz CT molecular complexity index is 912. The maximum absolute atomic E-state index is 13.0. The first-order valence-corrected chi connectivity index (χ1v) is 10.5. The molecule has 0 aromatic heterocycles. The van der Waals surface area contributed by atoms with Crippen LogP contribution in [0.3, 0.4) is 0 Å². The Balaban J connectivity index is 2.08. The average Bonchev–Trinajstić information content (AvgIpc) is 2.63. The fraction of sp³-hybridized carbons (Fsp3) is 0.350. The van der Waals surface area contributed by atoms with Gasteiger partial charge in [-0.2, -0.15) is 0 Å². The van der Waals surface area contributed by atoms with Crippen LogP contribution < -0.4 is 10.0 Å². The van der Waals surface area contributed by atoms with Gasteiger partial charge in [-0.25, -0.2) is 12.8 Å². The van der Waals surface area contributed by atoms with Crippen molar-refractivity contribution in [3.63, 3.8) is 0 Å². The summed E-state index contributed by atoms with van der Waals surface area (Å²) in [5, 5.41) is 2.77. The van der Waals surface area contributed by atoms with Gasteiger partial charge in [0.25, 0.3) is 15.9 Å². The Morgan fingerprint density at radius 3 is 2.46 bits per heavy atom. The van der Waals surface area contributed by atoms with Gasteiger partial charge >= 0.3 is 0 Å². The normalized spacial score (nSPS) is 11.5. The predicted molar refractivity (Wildman–Crippen MR) is 106 cm³/mol. The Morgan fingerprint density at radius 1 is 1.14 bits per heavy atom. The van der Waals surface area contributed by atoms with E-state index in [1.54, 1.807) is 13.0 Å². The molecule has 0 aliphatic heterocycles. The lowest BCUT2D eigenvalue weighted by Crippen LogP contribution is -2.26. The van der Waals surface area contributed by atoms with Crippen LogP contribution in [0.4, 0.5) is 10.1 Å². The Kier molecular flexibility index (Phi) is 7.53. The second kappa shape index (κ2) is 9.66. The molecule has 2 aromatic rings. The molecule has 0 unspecified atom stereocenters. The molecule has 8 heteroatoms. The third-order valence-electron chi connectivity index (χ3n) is 3.92. The first-order valence-electron chi connectivity index (χ1n) is 8.98. The summed E-state index contributed by atoms with van der Waals surface area (Å²) in [5.41, 5.74) is 1.18. The van der Waals surface area contributed by atoms with E-state index in [-0.39, 0.29) is 28.2 Å². The van der Waals surface area contributed by atoms with Crippen LogP contribution in [0.2, 0.25) is 0 Å². The van der Waals surface area contributed by atoms with Crippen molar-refractivity contribution in [2.24, 2.45) is 0 Å². The first-order chi connectivity index (χ1) is 13.2. The zero-order valence-corrected chi connectivity index (χ0v) is 17.0. The number of carbonyl (C=O) groups excluding carboxylic acids is 1. The summed E-state index contributed by atoms with van der Waals surface area (Å²) in [7, 11) is -3.91. The lowest BCUT2D eigenvalue weighted by molar-refractivity contribution is 0.0757. The van der Waals surface area contributed by atoms with Crippen LogP contribution in [0.15, 0.2) is 47.4 Å². The molecule has 0 bridgehead atoms. The van der Waals surface area contributed by atoms with Crippen LogP contribution in [0.25, 0.3) is 0 Å². The summed E-state index contributed by atoms with van der Waals surface area (Å²) in [6, 6.07) is 9.32. The highest BCUT2D eigenvalue weighted by atomic mass is 32.2. The van der Waals surface area contributed by atoms with Crippen molar-refractivity contribution in [1.82, 2.24) is 5.32 Å². The minimum Gasteiger partial charge on any atom is -0.379 e. The third-order valence-corrected chi connectivity index (χ3v) is 5.30. The number of aryl methyl sites for hydroxylation is 1. The maximum Gasteiger partial charge on any atom is 0.261 e. The standard InChI is InChI=1S/C20H25FN2O4S/c1-14(2)27-12-4-11-22-20(24)19-13-18(10-5-15(19)3)28(25,26)23-17-8-6-16(21)7-9-17/h5-10,13-14,23H,4,11-12H2,1-3H3,(H,22,24). The molecule has 0 fully saturated rings. The lowest BCUT2D eigenvalue weighted by atomic mass is 10.1. The molecule has 0 aliphatic rings. The lowest BCUT2D eigenvalue weighted by Gasteiger charge is -2.12. The van der Waals surface area contributed by atoms with Crippen molar-refractivity contribution < 1.29 is 22.3 Å². The van der Waals surface area contributed by atoms with E-state index in [2.05, 4.69) is 10.0 Å². The SMILES string of the molecule is Cc1ccc(S(=O)(=O)Nc2ccc(F)cc2)cc1C(=O)NCCCOC(C)C. The second-order valence-corrected chi connectivity index (χ2v) is 8.30. The molecule has 0 saturated carbocycles. The summed E-state index contributed by atoms with van der Waals surface area (Å²) < 4.78 is 45.9. The van der Waals surface area contributed by atoms with E-state index in [0.717, 1.165) is 12.1 Å². The number of hydrogen-bond donors (Lipinski definition) is 2. The molecule has 152 valence electrons. The fourth-order valence-corrected chi connectivity index (χ4v) is 3.52. The first kappa shape index (κ1) is 21.8. The molecule has 0 atom stereocenters. The molecule has 2 N–H and O–H groups in total. The van der Waals surface area contributed by atoms with E-state index in [1.807, 2.05) is 13.8 Å². The van der Waals surface area contributed by atoms with Crippen molar-refractivity contribution in [1.29, 1.82) is 0 Å². The van der Waals surface area contributed by atoms with Crippen LogP contribution >= 0.6 is 0 Å². The summed E-state index contributed by atoms with van der Waals surface area (Å²) in [6.07, 6.45) is 0.793. The van der Waals surface area contributed by atoms with E-state index in [9.17, 15) is 17.6 Å². The van der Waals surface area contributed by atoms with Gasteiger partial charge in [-0.3, -0.25) is 9.52 Å². The maximum atomic E-state index is 13.0. The molecular weight excluding hydrogens is 383 g/mol. The number of sulfonamides is 1. The minimum atomic E-state index is -3.91. The van der Waals surface area contributed by atoms with Crippen molar-refractivity contribution in [2.75, 3.05) is 17.9 Å². The van der Waals surface area contributed by atoms with Crippen LogP contribution in [0.1, 0.15) is 36.2 Å². The topological polar surface area (TPSA) is 84.5 Å². The number of nitrogens with one attached hydrogen (secondary N) is 2. The second-order valence-electron chi connectivity index (χ2n) is 6.62. The number of benzene rings is 2. The quantitative estimate of drug-likeness (QED) is 0.622. The molecule has 0 heterocycles. The monoisotopic (exact) mass is 408 g/mol. The van der Waals surface area contributed by atoms with Crippen molar-refractivity contribution in [3.8, 4) is 0 Å². The van der Waals surface area contributed by atoms with Gasteiger partial charge in [0.05, 0.1) is 11.0 Å². The van der Waals surface area contributed by atoms with E-state index < -0.39 is 15.8 Å². The molecule has 1 amide bonds. The molecular formula is C20H25FN2O4S. The number of amides is 1. The average molecular weight is 408 g/mol. The molecule has 0 radical (unpaired) electrons. The van der Waals surface area contributed by atoms with Gasteiger partial charge in [-0.15, -0.1) is 0 Å². The Labute approximate surface area is 165 Å². The summed E-state index contributed by atoms with van der Waals surface area (Å²) >= 11 is 0. The van der Waals surface area contributed by atoms with Crippen molar-refractivity contribution >= 4 is 21.6 Å². The highest BCUT2D eigenvalue weighted by Crippen LogP contribution is 2.19. The summed E-state index contributed by atoms with van der Waals surface area (Å²) in [5.74, 6) is -0.808. The summed E-state index contributed by atoms with van der Waals surface area (Å²) in [6.45, 7) is 6.57. The molecule has 0 saturated heterocycles. The number of ether oxygens (including phenoxy) is 1. The van der Waals surface area contributed by atoms with Crippen LogP contribution in [0.5, 0.6) is 0 Å². The third kappa shape index (κ3) is 6.31. The van der Waals surface area contributed by atoms with Crippen molar-refractivity contribution in [2.45, 2.75) is 38.2 Å². The zero-order valence-electron chi connectivity index (χ0n) is 16.2. The summed E-state index contributed by atoms with van der Waals surface area (Å²) in [4.78, 5) is 12.4. The van der Waals surface area contributed by atoms with E-state index in [0.29, 0.717) is 25.1 Å². The Morgan fingerprint density at radius 2 is 1.82 bits per heavy atom.